The molecule has 1 fully saturated rings. The molecule has 1 aliphatic rings. The van der Waals surface area contributed by atoms with Gasteiger partial charge >= 0.3 is 5.97 Å². The van der Waals surface area contributed by atoms with Crippen LogP contribution in [0.15, 0.2) is 24.3 Å². The van der Waals surface area contributed by atoms with Gasteiger partial charge in [-0.3, -0.25) is 9.59 Å². The summed E-state index contributed by atoms with van der Waals surface area (Å²) in [6.07, 6.45) is 2.12. The highest BCUT2D eigenvalue weighted by molar-refractivity contribution is 5.99. The van der Waals surface area contributed by atoms with Crippen LogP contribution >= 0.6 is 0 Å². The van der Waals surface area contributed by atoms with Crippen molar-refractivity contribution in [2.75, 3.05) is 19.6 Å². The van der Waals surface area contributed by atoms with Crippen molar-refractivity contribution in [2.24, 2.45) is 0 Å². The predicted molar refractivity (Wildman–Crippen MR) is 90.0 cm³/mol. The molecule has 6 heteroatoms. The first-order valence-electron chi connectivity index (χ1n) is 8.42. The molecule has 1 saturated heterocycles. The van der Waals surface area contributed by atoms with Gasteiger partial charge in [0, 0.05) is 30.8 Å². The van der Waals surface area contributed by atoms with E-state index in [9.17, 15) is 19.5 Å². The van der Waals surface area contributed by atoms with E-state index >= 15 is 0 Å². The Bertz CT molecular complexity index is 608. The molecule has 0 radical (unpaired) electrons. The van der Waals surface area contributed by atoms with E-state index in [4.69, 9.17) is 0 Å². The van der Waals surface area contributed by atoms with Crippen molar-refractivity contribution in [3.05, 3.63) is 35.4 Å². The van der Waals surface area contributed by atoms with Gasteiger partial charge in [-0.2, -0.15) is 0 Å². The van der Waals surface area contributed by atoms with Gasteiger partial charge in [0.2, 0.25) is 0 Å². The standard InChI is InChI=1S/C18H24N2O4/c1-3-19(4-2)16(21)13-8-10-14(11-9-13)17(22)20-12-6-5-7-15(20)18(23)24/h8-11,15H,3-7,12H2,1-2H3,(H,23,24)/t15-/m1/s1. The van der Waals surface area contributed by atoms with Gasteiger partial charge in [0.1, 0.15) is 6.04 Å². The minimum atomic E-state index is -0.962. The van der Waals surface area contributed by atoms with Crippen LogP contribution in [0.3, 0.4) is 0 Å². The van der Waals surface area contributed by atoms with E-state index in [0.717, 1.165) is 12.8 Å². The molecule has 6 nitrogen and oxygen atoms in total. The van der Waals surface area contributed by atoms with Crippen molar-refractivity contribution in [3.8, 4) is 0 Å². The largest absolute Gasteiger partial charge is 0.480 e. The van der Waals surface area contributed by atoms with Gasteiger partial charge < -0.3 is 14.9 Å². The number of amides is 2. The Labute approximate surface area is 142 Å². The molecular weight excluding hydrogens is 308 g/mol. The summed E-state index contributed by atoms with van der Waals surface area (Å²) in [6, 6.07) is 5.71. The van der Waals surface area contributed by atoms with Crippen LogP contribution in [0.1, 0.15) is 53.8 Å². The zero-order valence-electron chi connectivity index (χ0n) is 14.2. The molecule has 24 heavy (non-hydrogen) atoms. The molecule has 0 aliphatic carbocycles. The minimum Gasteiger partial charge on any atom is -0.480 e. The van der Waals surface area contributed by atoms with Crippen LogP contribution < -0.4 is 0 Å². The topological polar surface area (TPSA) is 77.9 Å². The second-order valence-corrected chi connectivity index (χ2v) is 5.90. The van der Waals surface area contributed by atoms with Crippen molar-refractivity contribution in [3.63, 3.8) is 0 Å². The second-order valence-electron chi connectivity index (χ2n) is 5.90. The van der Waals surface area contributed by atoms with Gasteiger partial charge in [-0.05, 0) is 57.4 Å². The molecular formula is C18H24N2O4. The fourth-order valence-corrected chi connectivity index (χ4v) is 3.05. The van der Waals surface area contributed by atoms with E-state index < -0.39 is 12.0 Å². The molecule has 2 amide bonds. The third-order valence-corrected chi connectivity index (χ3v) is 4.48. The molecule has 1 aromatic rings. The number of rotatable bonds is 5. The summed E-state index contributed by atoms with van der Waals surface area (Å²) in [6.45, 7) is 5.55. The number of aliphatic carboxylic acids is 1. The van der Waals surface area contributed by atoms with Crippen molar-refractivity contribution < 1.29 is 19.5 Å². The summed E-state index contributed by atoms with van der Waals surface area (Å²) < 4.78 is 0. The summed E-state index contributed by atoms with van der Waals surface area (Å²) in [7, 11) is 0. The smallest absolute Gasteiger partial charge is 0.326 e. The molecule has 1 heterocycles. The number of carboxylic acid groups (broad SMARTS) is 1. The molecule has 0 saturated carbocycles. The summed E-state index contributed by atoms with van der Waals surface area (Å²) in [5, 5.41) is 9.29. The van der Waals surface area contributed by atoms with E-state index in [-0.39, 0.29) is 11.8 Å². The quantitative estimate of drug-likeness (QED) is 0.897. The summed E-state index contributed by atoms with van der Waals surface area (Å²) in [5.41, 5.74) is 0.947. The van der Waals surface area contributed by atoms with E-state index in [1.807, 2.05) is 13.8 Å². The molecule has 0 aromatic heterocycles. The zero-order chi connectivity index (χ0) is 17.7. The average Bonchev–Trinajstić information content (AvgIpc) is 2.62. The number of piperidine rings is 1. The number of benzene rings is 1. The Hall–Kier alpha value is -2.37. The van der Waals surface area contributed by atoms with Gasteiger partial charge in [0.25, 0.3) is 11.8 Å². The van der Waals surface area contributed by atoms with Crippen molar-refractivity contribution in [1.29, 1.82) is 0 Å². The average molecular weight is 332 g/mol. The van der Waals surface area contributed by atoms with Crippen LogP contribution in [-0.2, 0) is 4.79 Å². The summed E-state index contributed by atoms with van der Waals surface area (Å²) in [5.74, 6) is -1.32. The number of carbonyl (C=O) groups is 3. The van der Waals surface area contributed by atoms with Gasteiger partial charge in [-0.15, -0.1) is 0 Å². The van der Waals surface area contributed by atoms with Gasteiger partial charge in [0.15, 0.2) is 0 Å². The van der Waals surface area contributed by atoms with Crippen molar-refractivity contribution in [1.82, 2.24) is 9.80 Å². The summed E-state index contributed by atoms with van der Waals surface area (Å²) >= 11 is 0. The first-order chi connectivity index (χ1) is 11.5. The van der Waals surface area contributed by atoms with Crippen molar-refractivity contribution >= 4 is 17.8 Å². The van der Waals surface area contributed by atoms with Gasteiger partial charge in [0.05, 0.1) is 0 Å². The minimum absolute atomic E-state index is 0.0691. The Balaban J connectivity index is 2.16. The molecule has 1 aliphatic heterocycles. The molecule has 1 atom stereocenters. The van der Waals surface area contributed by atoms with Crippen LogP contribution in [0.25, 0.3) is 0 Å². The fourth-order valence-electron chi connectivity index (χ4n) is 3.05. The Morgan fingerprint density at radius 1 is 1.08 bits per heavy atom. The van der Waals surface area contributed by atoms with Crippen LogP contribution in [-0.4, -0.2) is 58.4 Å². The number of carboxylic acids is 1. The van der Waals surface area contributed by atoms with Gasteiger partial charge in [-0.25, -0.2) is 4.79 Å². The maximum absolute atomic E-state index is 12.6. The predicted octanol–water partition coefficient (Wildman–Crippen LogP) is 2.25. The molecule has 130 valence electrons. The normalized spacial score (nSPS) is 17.4. The number of likely N-dealkylation sites (tertiary alicyclic amines) is 1. The van der Waals surface area contributed by atoms with Crippen LogP contribution in [0, 0.1) is 0 Å². The first kappa shape index (κ1) is 18.0. The summed E-state index contributed by atoms with van der Waals surface area (Å²) in [4.78, 5) is 39.4. The number of hydrogen-bond donors (Lipinski definition) is 1. The van der Waals surface area contributed by atoms with Gasteiger partial charge in [-0.1, -0.05) is 0 Å². The van der Waals surface area contributed by atoms with Crippen LogP contribution in [0.5, 0.6) is 0 Å². The number of nitrogens with zero attached hydrogens (tertiary/aromatic N) is 2. The third-order valence-electron chi connectivity index (χ3n) is 4.48. The van der Waals surface area contributed by atoms with Crippen LogP contribution in [0.2, 0.25) is 0 Å². The Morgan fingerprint density at radius 3 is 2.21 bits per heavy atom. The number of hydrogen-bond acceptors (Lipinski definition) is 3. The van der Waals surface area contributed by atoms with Crippen molar-refractivity contribution in [2.45, 2.75) is 39.2 Å². The first-order valence-corrected chi connectivity index (χ1v) is 8.42. The lowest BCUT2D eigenvalue weighted by Crippen LogP contribution is -2.48. The highest BCUT2D eigenvalue weighted by Crippen LogP contribution is 2.20. The highest BCUT2D eigenvalue weighted by atomic mass is 16.4. The second kappa shape index (κ2) is 7.95. The molecule has 1 aromatic carbocycles. The van der Waals surface area contributed by atoms with Crippen LogP contribution in [0.4, 0.5) is 0 Å². The Morgan fingerprint density at radius 2 is 1.67 bits per heavy atom. The fraction of sp³-hybridized carbons (Fsp3) is 0.500. The number of carbonyl (C=O) groups excluding carboxylic acids is 2. The maximum Gasteiger partial charge on any atom is 0.326 e. The van der Waals surface area contributed by atoms with E-state index in [2.05, 4.69) is 0 Å². The SMILES string of the molecule is CCN(CC)C(=O)c1ccc(C(=O)N2CCCC[C@@H]2C(=O)O)cc1. The lowest BCUT2D eigenvalue weighted by molar-refractivity contribution is -0.143. The molecule has 0 spiro atoms. The monoisotopic (exact) mass is 332 g/mol. The molecule has 0 bridgehead atoms. The molecule has 2 rings (SSSR count). The lowest BCUT2D eigenvalue weighted by atomic mass is 10.0. The highest BCUT2D eigenvalue weighted by Gasteiger charge is 2.32. The third kappa shape index (κ3) is 3.75. The van der Waals surface area contributed by atoms with E-state index in [1.54, 1.807) is 29.2 Å². The Kier molecular flexibility index (Phi) is 5.95. The maximum atomic E-state index is 12.6. The van der Waals surface area contributed by atoms with E-state index in [1.165, 1.54) is 4.90 Å². The zero-order valence-corrected chi connectivity index (χ0v) is 14.2. The lowest BCUT2D eigenvalue weighted by Gasteiger charge is -2.33. The molecule has 0 unspecified atom stereocenters. The molecule has 1 N–H and O–H groups in total. The van der Waals surface area contributed by atoms with E-state index in [0.29, 0.717) is 37.2 Å².